The molecule has 1 aliphatic rings. The third kappa shape index (κ3) is 6.89. The summed E-state index contributed by atoms with van der Waals surface area (Å²) < 4.78 is 0. The van der Waals surface area contributed by atoms with E-state index < -0.39 is 0 Å². The second kappa shape index (κ2) is 8.95. The van der Waals surface area contributed by atoms with Crippen molar-refractivity contribution in [3.05, 3.63) is 28.8 Å². The second-order valence-electron chi connectivity index (χ2n) is 5.23. The maximum atomic E-state index is 10.1. The first-order valence-electron chi connectivity index (χ1n) is 6.90. The van der Waals surface area contributed by atoms with Gasteiger partial charge in [-0.1, -0.05) is 11.6 Å². The molecule has 0 aromatic heterocycles. The summed E-state index contributed by atoms with van der Waals surface area (Å²) in [5.74, 6) is 0. The number of likely N-dealkylation sites (tertiary alicyclic amines) is 1. The molecule has 0 bridgehead atoms. The van der Waals surface area contributed by atoms with E-state index in [9.17, 15) is 4.79 Å². The first-order chi connectivity index (χ1) is 9.51. The number of carbonyl (C=O) groups is 1. The number of nitrogens with one attached hydrogen (secondary N) is 1. The summed E-state index contributed by atoms with van der Waals surface area (Å²) in [6, 6.07) is 6.04. The Labute approximate surface area is 126 Å². The van der Waals surface area contributed by atoms with Crippen LogP contribution >= 0.6 is 11.6 Å². The van der Waals surface area contributed by atoms with E-state index in [0.29, 0.717) is 17.6 Å². The third-order valence-corrected chi connectivity index (χ3v) is 3.31. The Morgan fingerprint density at radius 3 is 2.75 bits per heavy atom. The summed E-state index contributed by atoms with van der Waals surface area (Å²) in [5.41, 5.74) is 7.64. The lowest BCUT2D eigenvalue weighted by Gasteiger charge is -2.26. The molecule has 0 radical (unpaired) electrons. The lowest BCUT2D eigenvalue weighted by atomic mass is 10.1. The van der Waals surface area contributed by atoms with Gasteiger partial charge in [0.2, 0.25) is 0 Å². The van der Waals surface area contributed by atoms with E-state index in [0.717, 1.165) is 24.1 Å². The molecule has 2 rings (SSSR count). The molecule has 1 heterocycles. The fourth-order valence-electron chi connectivity index (χ4n) is 2.20. The number of nitrogens with zero attached hydrogens (tertiary/aromatic N) is 1. The van der Waals surface area contributed by atoms with Gasteiger partial charge >= 0.3 is 0 Å². The van der Waals surface area contributed by atoms with Gasteiger partial charge in [-0.05, 0) is 57.1 Å². The van der Waals surface area contributed by atoms with E-state index in [-0.39, 0.29) is 0 Å². The van der Waals surface area contributed by atoms with Crippen molar-refractivity contribution in [2.24, 2.45) is 5.73 Å². The molecule has 0 amide bonds. The third-order valence-electron chi connectivity index (χ3n) is 3.09. The molecule has 1 fully saturated rings. The molecule has 4 nitrogen and oxygen atoms in total. The number of aldehydes is 1. The van der Waals surface area contributed by atoms with E-state index in [4.69, 9.17) is 17.3 Å². The highest BCUT2D eigenvalue weighted by Crippen LogP contribution is 2.17. The van der Waals surface area contributed by atoms with Gasteiger partial charge < -0.3 is 20.7 Å². The smallest absolute Gasteiger partial charge is 0.139 e. The van der Waals surface area contributed by atoms with E-state index in [1.165, 1.54) is 19.4 Å². The van der Waals surface area contributed by atoms with Crippen LogP contribution in [0.5, 0.6) is 0 Å². The zero-order valence-electron chi connectivity index (χ0n) is 12.2. The van der Waals surface area contributed by atoms with Crippen molar-refractivity contribution in [3.8, 4) is 0 Å². The second-order valence-corrected chi connectivity index (χ2v) is 5.67. The summed E-state index contributed by atoms with van der Waals surface area (Å²) in [5, 5.41) is 3.61. The predicted octanol–water partition coefficient (Wildman–Crippen LogP) is 2.30. The number of aryl methyl sites for hydroxylation is 1. The minimum Gasteiger partial charge on any atom is -0.378 e. The van der Waals surface area contributed by atoms with Gasteiger partial charge in [0.25, 0.3) is 0 Å². The van der Waals surface area contributed by atoms with Crippen molar-refractivity contribution in [2.75, 3.05) is 32.0 Å². The maximum absolute atomic E-state index is 10.1. The summed E-state index contributed by atoms with van der Waals surface area (Å²) in [4.78, 5) is 12.3. The maximum Gasteiger partial charge on any atom is 0.139 e. The Balaban J connectivity index is 0.000000217. The standard InChI is InChI=1S/C9H10ClNO.C6H14N2/c1-7-4-8(10)6-9(5-7)11-2-3-12;1-8-4-2-3-6(7)5-8/h3-6,11H,2H2,1H3;6H,2-5,7H2,1H3. The van der Waals surface area contributed by atoms with Crippen molar-refractivity contribution in [2.45, 2.75) is 25.8 Å². The zero-order valence-corrected chi connectivity index (χ0v) is 13.0. The molecule has 20 heavy (non-hydrogen) atoms. The molecular weight excluding hydrogens is 274 g/mol. The van der Waals surface area contributed by atoms with Crippen LogP contribution in [0.3, 0.4) is 0 Å². The van der Waals surface area contributed by atoms with Gasteiger partial charge in [-0.15, -0.1) is 0 Å². The molecule has 3 N–H and O–H groups in total. The number of hydrogen-bond donors (Lipinski definition) is 2. The van der Waals surface area contributed by atoms with Gasteiger partial charge in [-0.2, -0.15) is 0 Å². The van der Waals surface area contributed by atoms with Crippen LogP contribution in [0.25, 0.3) is 0 Å². The van der Waals surface area contributed by atoms with Crippen molar-refractivity contribution in [1.29, 1.82) is 0 Å². The molecular formula is C15H24ClN3O. The van der Waals surface area contributed by atoms with Crippen LogP contribution in [0.15, 0.2) is 18.2 Å². The Morgan fingerprint density at radius 2 is 2.25 bits per heavy atom. The summed E-state index contributed by atoms with van der Waals surface area (Å²) in [7, 11) is 2.12. The molecule has 1 atom stereocenters. The van der Waals surface area contributed by atoms with E-state index in [1.807, 2.05) is 19.1 Å². The van der Waals surface area contributed by atoms with Crippen molar-refractivity contribution in [1.82, 2.24) is 4.90 Å². The monoisotopic (exact) mass is 297 g/mol. The number of carbonyl (C=O) groups excluding carboxylic acids is 1. The molecule has 0 aliphatic carbocycles. The molecule has 1 unspecified atom stereocenters. The number of piperidine rings is 1. The fourth-order valence-corrected chi connectivity index (χ4v) is 2.49. The molecule has 5 heteroatoms. The number of rotatable bonds is 3. The molecule has 1 aliphatic heterocycles. The first kappa shape index (κ1) is 17.0. The minimum atomic E-state index is 0.319. The molecule has 1 saturated heterocycles. The van der Waals surface area contributed by atoms with Crippen LogP contribution in [0.1, 0.15) is 18.4 Å². The highest BCUT2D eigenvalue weighted by atomic mass is 35.5. The SMILES string of the molecule is CN1CCCC(N)C1.Cc1cc(Cl)cc(NCC=O)c1. The van der Waals surface area contributed by atoms with E-state index >= 15 is 0 Å². The molecule has 0 spiro atoms. The summed E-state index contributed by atoms with van der Waals surface area (Å²) in [6.45, 7) is 4.59. The van der Waals surface area contributed by atoms with Crippen molar-refractivity contribution in [3.63, 3.8) is 0 Å². The van der Waals surface area contributed by atoms with Gasteiger partial charge in [-0.3, -0.25) is 0 Å². The van der Waals surface area contributed by atoms with Gasteiger partial charge in [0, 0.05) is 23.3 Å². The van der Waals surface area contributed by atoms with Gasteiger partial charge in [0.1, 0.15) is 6.29 Å². The zero-order chi connectivity index (χ0) is 15.0. The number of halogens is 1. The molecule has 1 aromatic carbocycles. The molecule has 0 saturated carbocycles. The number of anilines is 1. The Hall–Kier alpha value is -1.10. The van der Waals surface area contributed by atoms with Crippen LogP contribution in [0, 0.1) is 6.92 Å². The minimum absolute atomic E-state index is 0.319. The van der Waals surface area contributed by atoms with Gasteiger partial charge in [0.15, 0.2) is 0 Å². The topological polar surface area (TPSA) is 58.4 Å². The Bertz CT molecular complexity index is 397. The first-order valence-corrected chi connectivity index (χ1v) is 7.28. The number of nitrogens with two attached hydrogens (primary N) is 1. The number of hydrogen-bond acceptors (Lipinski definition) is 4. The van der Waals surface area contributed by atoms with Gasteiger partial charge in [-0.25, -0.2) is 0 Å². The largest absolute Gasteiger partial charge is 0.378 e. The van der Waals surface area contributed by atoms with Crippen LogP contribution in [0.2, 0.25) is 5.02 Å². The van der Waals surface area contributed by atoms with E-state index in [2.05, 4.69) is 17.3 Å². The average Bonchev–Trinajstić information content (AvgIpc) is 2.35. The lowest BCUT2D eigenvalue weighted by molar-refractivity contribution is -0.106. The highest BCUT2D eigenvalue weighted by molar-refractivity contribution is 6.30. The van der Waals surface area contributed by atoms with Crippen LogP contribution in [-0.2, 0) is 4.79 Å². The van der Waals surface area contributed by atoms with Crippen molar-refractivity contribution < 1.29 is 4.79 Å². The highest BCUT2D eigenvalue weighted by Gasteiger charge is 2.11. The van der Waals surface area contributed by atoms with Crippen LogP contribution in [0.4, 0.5) is 5.69 Å². The Morgan fingerprint density at radius 1 is 1.50 bits per heavy atom. The average molecular weight is 298 g/mol. The van der Waals surface area contributed by atoms with Crippen molar-refractivity contribution >= 4 is 23.6 Å². The lowest BCUT2D eigenvalue weighted by Crippen LogP contribution is -2.40. The molecule has 112 valence electrons. The number of likely N-dealkylation sites (N-methyl/N-ethyl adjacent to an activating group) is 1. The number of benzene rings is 1. The molecule has 1 aromatic rings. The quantitative estimate of drug-likeness (QED) is 0.841. The fraction of sp³-hybridized carbons (Fsp3) is 0.533. The van der Waals surface area contributed by atoms with Crippen LogP contribution in [-0.4, -0.2) is 43.9 Å². The van der Waals surface area contributed by atoms with E-state index in [1.54, 1.807) is 6.07 Å². The summed E-state index contributed by atoms with van der Waals surface area (Å²) >= 11 is 5.80. The predicted molar refractivity (Wildman–Crippen MR) is 85.4 cm³/mol. The Kier molecular flexibility index (Phi) is 7.59. The van der Waals surface area contributed by atoms with Gasteiger partial charge in [0.05, 0.1) is 6.54 Å². The normalized spacial score (nSPS) is 18.9. The van der Waals surface area contributed by atoms with Crippen LogP contribution < -0.4 is 11.1 Å². The summed E-state index contributed by atoms with van der Waals surface area (Å²) in [6.07, 6.45) is 3.30.